The molecule has 0 heterocycles. The summed E-state index contributed by atoms with van der Waals surface area (Å²) in [5.74, 6) is -0.603. The van der Waals surface area contributed by atoms with Gasteiger partial charge in [0.05, 0.1) is 0 Å². The molecule has 0 atom stereocenters. The second-order valence-corrected chi connectivity index (χ2v) is 3.65. The lowest BCUT2D eigenvalue weighted by atomic mass is 10.1. The lowest BCUT2D eigenvalue weighted by Crippen LogP contribution is -2.11. The zero-order valence-corrected chi connectivity index (χ0v) is 9.66. The fourth-order valence-corrected chi connectivity index (χ4v) is 1.40. The molecule has 1 rings (SSSR count). The van der Waals surface area contributed by atoms with Gasteiger partial charge in [-0.05, 0) is 12.0 Å². The number of esters is 1. The summed E-state index contributed by atoms with van der Waals surface area (Å²) in [6.45, 7) is 3.22. The molecule has 0 aromatic heterocycles. The van der Waals surface area contributed by atoms with Crippen molar-refractivity contribution < 1.29 is 14.3 Å². The molecule has 3 heteroatoms. The average Bonchev–Trinajstić information content (AvgIpc) is 2.27. The van der Waals surface area contributed by atoms with Gasteiger partial charge in [0, 0.05) is 12.5 Å². The first-order valence-electron chi connectivity index (χ1n) is 5.39. The van der Waals surface area contributed by atoms with E-state index in [2.05, 4.69) is 11.7 Å². The smallest absolute Gasteiger partial charge is 0.303 e. The monoisotopic (exact) mass is 220 g/mol. The molecule has 0 aliphatic rings. The van der Waals surface area contributed by atoms with Gasteiger partial charge in [0.2, 0.25) is 0 Å². The lowest BCUT2D eigenvalue weighted by Gasteiger charge is -2.03. The Hall–Kier alpha value is -1.64. The number of ether oxygens (including phenoxy) is 1. The minimum Gasteiger partial charge on any atom is -0.457 e. The van der Waals surface area contributed by atoms with Crippen LogP contribution in [-0.4, -0.2) is 18.4 Å². The van der Waals surface area contributed by atoms with E-state index in [-0.39, 0.29) is 12.4 Å². The van der Waals surface area contributed by atoms with Crippen LogP contribution in [0.25, 0.3) is 0 Å². The molecule has 0 spiro atoms. The van der Waals surface area contributed by atoms with E-state index in [9.17, 15) is 9.59 Å². The van der Waals surface area contributed by atoms with Crippen molar-refractivity contribution in [1.29, 1.82) is 0 Å². The Balaban J connectivity index is 2.59. The van der Waals surface area contributed by atoms with E-state index in [1.807, 2.05) is 12.1 Å². The number of aryl methyl sites for hydroxylation is 1. The van der Waals surface area contributed by atoms with Crippen LogP contribution < -0.4 is 0 Å². The largest absolute Gasteiger partial charge is 0.457 e. The van der Waals surface area contributed by atoms with Crippen LogP contribution in [0.3, 0.4) is 0 Å². The number of Topliss-reactive ketones (excluding diaryl/α,β-unsaturated/α-hetero) is 1. The van der Waals surface area contributed by atoms with Crippen LogP contribution >= 0.6 is 0 Å². The number of hydrogen-bond donors (Lipinski definition) is 0. The van der Waals surface area contributed by atoms with Crippen molar-refractivity contribution in [3.63, 3.8) is 0 Å². The van der Waals surface area contributed by atoms with E-state index in [1.165, 1.54) is 12.5 Å². The van der Waals surface area contributed by atoms with E-state index >= 15 is 0 Å². The standard InChI is InChI=1S/C13H16O3/c1-3-4-11-5-7-12(8-6-11)13(15)9-16-10(2)14/h5-8H,3-4,9H2,1-2H3. The summed E-state index contributed by atoms with van der Waals surface area (Å²) in [4.78, 5) is 22.1. The molecule has 86 valence electrons. The molecule has 1 aromatic rings. The van der Waals surface area contributed by atoms with Crippen molar-refractivity contribution >= 4 is 11.8 Å². The third-order valence-electron chi connectivity index (χ3n) is 2.22. The number of rotatable bonds is 5. The Morgan fingerprint density at radius 3 is 2.31 bits per heavy atom. The Morgan fingerprint density at radius 2 is 1.81 bits per heavy atom. The highest BCUT2D eigenvalue weighted by Crippen LogP contribution is 2.07. The maximum Gasteiger partial charge on any atom is 0.303 e. The molecule has 0 saturated heterocycles. The SMILES string of the molecule is CCCc1ccc(C(=O)COC(C)=O)cc1. The normalized spacial score (nSPS) is 9.88. The van der Waals surface area contributed by atoms with E-state index in [4.69, 9.17) is 0 Å². The van der Waals surface area contributed by atoms with Crippen LogP contribution in [-0.2, 0) is 16.0 Å². The number of benzene rings is 1. The van der Waals surface area contributed by atoms with Gasteiger partial charge in [-0.15, -0.1) is 0 Å². The highest BCUT2D eigenvalue weighted by molar-refractivity contribution is 5.97. The summed E-state index contributed by atoms with van der Waals surface area (Å²) in [5, 5.41) is 0. The summed E-state index contributed by atoms with van der Waals surface area (Å²) >= 11 is 0. The zero-order valence-electron chi connectivity index (χ0n) is 9.66. The Labute approximate surface area is 95.4 Å². The van der Waals surface area contributed by atoms with Crippen molar-refractivity contribution in [1.82, 2.24) is 0 Å². The van der Waals surface area contributed by atoms with Gasteiger partial charge in [-0.3, -0.25) is 9.59 Å². The van der Waals surface area contributed by atoms with E-state index in [0.29, 0.717) is 5.56 Å². The molecule has 0 saturated carbocycles. The fourth-order valence-electron chi connectivity index (χ4n) is 1.40. The first-order valence-corrected chi connectivity index (χ1v) is 5.39. The predicted octanol–water partition coefficient (Wildman–Crippen LogP) is 2.38. The quantitative estimate of drug-likeness (QED) is 0.565. The lowest BCUT2D eigenvalue weighted by molar-refractivity contribution is -0.139. The summed E-state index contributed by atoms with van der Waals surface area (Å²) in [6, 6.07) is 7.42. The molecule has 0 bridgehead atoms. The predicted molar refractivity (Wildman–Crippen MR) is 61.4 cm³/mol. The van der Waals surface area contributed by atoms with Crippen molar-refractivity contribution in [2.24, 2.45) is 0 Å². The minimum absolute atomic E-state index is 0.168. The van der Waals surface area contributed by atoms with Crippen LogP contribution in [0.15, 0.2) is 24.3 Å². The van der Waals surface area contributed by atoms with E-state index in [0.717, 1.165) is 12.8 Å². The molecule has 0 N–H and O–H groups in total. The first kappa shape index (κ1) is 12.4. The molecule has 0 aliphatic carbocycles. The van der Waals surface area contributed by atoms with Gasteiger partial charge in [0.1, 0.15) is 0 Å². The van der Waals surface area contributed by atoms with Crippen LogP contribution in [0.4, 0.5) is 0 Å². The highest BCUT2D eigenvalue weighted by atomic mass is 16.5. The first-order chi connectivity index (χ1) is 7.63. The molecular formula is C13H16O3. The third-order valence-corrected chi connectivity index (χ3v) is 2.22. The van der Waals surface area contributed by atoms with E-state index < -0.39 is 5.97 Å². The molecule has 16 heavy (non-hydrogen) atoms. The van der Waals surface area contributed by atoms with Gasteiger partial charge in [-0.1, -0.05) is 37.6 Å². The second kappa shape index (κ2) is 6.05. The Kier molecular flexibility index (Phi) is 4.70. The minimum atomic E-state index is -0.434. The molecule has 0 amide bonds. The summed E-state index contributed by atoms with van der Waals surface area (Å²) in [7, 11) is 0. The summed E-state index contributed by atoms with van der Waals surface area (Å²) in [5.41, 5.74) is 1.80. The molecule has 0 unspecified atom stereocenters. The van der Waals surface area contributed by atoms with Crippen LogP contribution in [0.1, 0.15) is 36.2 Å². The maximum atomic E-state index is 11.5. The number of carbonyl (C=O) groups is 2. The number of ketones is 1. The molecule has 0 aliphatic heterocycles. The van der Waals surface area contributed by atoms with Gasteiger partial charge in [-0.25, -0.2) is 0 Å². The Morgan fingerprint density at radius 1 is 1.19 bits per heavy atom. The average molecular weight is 220 g/mol. The van der Waals surface area contributed by atoms with Crippen LogP contribution in [0.5, 0.6) is 0 Å². The van der Waals surface area contributed by atoms with Gasteiger partial charge >= 0.3 is 5.97 Å². The summed E-state index contributed by atoms with van der Waals surface area (Å²) < 4.78 is 4.65. The Bertz CT molecular complexity index is 365. The maximum absolute atomic E-state index is 11.5. The van der Waals surface area contributed by atoms with Crippen molar-refractivity contribution in [3.05, 3.63) is 35.4 Å². The highest BCUT2D eigenvalue weighted by Gasteiger charge is 2.07. The van der Waals surface area contributed by atoms with Crippen molar-refractivity contribution in [2.75, 3.05) is 6.61 Å². The molecule has 0 fully saturated rings. The van der Waals surface area contributed by atoms with Crippen molar-refractivity contribution in [3.8, 4) is 0 Å². The molecular weight excluding hydrogens is 204 g/mol. The molecule has 1 aromatic carbocycles. The van der Waals surface area contributed by atoms with E-state index in [1.54, 1.807) is 12.1 Å². The van der Waals surface area contributed by atoms with Crippen molar-refractivity contribution in [2.45, 2.75) is 26.7 Å². The van der Waals surface area contributed by atoms with Crippen LogP contribution in [0.2, 0.25) is 0 Å². The number of carbonyl (C=O) groups excluding carboxylic acids is 2. The van der Waals surface area contributed by atoms with Gasteiger partial charge in [0.15, 0.2) is 12.4 Å². The van der Waals surface area contributed by atoms with Crippen LogP contribution in [0, 0.1) is 0 Å². The second-order valence-electron chi connectivity index (χ2n) is 3.65. The topological polar surface area (TPSA) is 43.4 Å². The zero-order chi connectivity index (χ0) is 12.0. The van der Waals surface area contributed by atoms with Gasteiger partial charge in [0.25, 0.3) is 0 Å². The van der Waals surface area contributed by atoms with Gasteiger partial charge < -0.3 is 4.74 Å². The van der Waals surface area contributed by atoms with Gasteiger partial charge in [-0.2, -0.15) is 0 Å². The number of hydrogen-bond acceptors (Lipinski definition) is 3. The fraction of sp³-hybridized carbons (Fsp3) is 0.385. The third kappa shape index (κ3) is 3.85. The molecule has 0 radical (unpaired) electrons. The molecule has 3 nitrogen and oxygen atoms in total. The summed E-state index contributed by atoms with van der Waals surface area (Å²) in [6.07, 6.45) is 2.10.